The first kappa shape index (κ1) is 9.24. The van der Waals surface area contributed by atoms with Crippen LogP contribution in [-0.2, 0) is 4.74 Å². The maximum Gasteiger partial charge on any atom is 0.0924 e. The minimum Gasteiger partial charge on any atom is -0.501 e. The summed E-state index contributed by atoms with van der Waals surface area (Å²) < 4.78 is 4.92. The molecule has 0 aliphatic heterocycles. The van der Waals surface area contributed by atoms with Crippen LogP contribution in [0.1, 0.15) is 13.8 Å². The Hall–Kier alpha value is -0.760. The molecule has 0 unspecified atom stereocenters. The molecule has 0 bridgehead atoms. The zero-order valence-electron chi connectivity index (χ0n) is 6.85. The van der Waals surface area contributed by atoms with Gasteiger partial charge in [0.2, 0.25) is 0 Å². The van der Waals surface area contributed by atoms with Crippen LogP contribution in [0.25, 0.3) is 0 Å². The molecule has 0 aliphatic rings. The number of hydrogen-bond acceptors (Lipinski definition) is 2. The van der Waals surface area contributed by atoms with Gasteiger partial charge in [0.1, 0.15) is 0 Å². The van der Waals surface area contributed by atoms with Gasteiger partial charge < -0.3 is 10.5 Å². The number of nitrogens with two attached hydrogens (primary N) is 1. The summed E-state index contributed by atoms with van der Waals surface area (Å²) in [6, 6.07) is 0. The normalized spacial score (nSPS) is 13.6. The Kier molecular flexibility index (Phi) is 4.67. The van der Waals surface area contributed by atoms with Crippen LogP contribution in [0.5, 0.6) is 0 Å². The van der Waals surface area contributed by atoms with E-state index >= 15 is 0 Å². The molecule has 0 atom stereocenters. The quantitative estimate of drug-likeness (QED) is 0.477. The van der Waals surface area contributed by atoms with E-state index < -0.39 is 0 Å². The van der Waals surface area contributed by atoms with Gasteiger partial charge in [-0.1, -0.05) is 11.6 Å². The van der Waals surface area contributed by atoms with Crippen molar-refractivity contribution in [1.29, 1.82) is 0 Å². The van der Waals surface area contributed by atoms with Crippen molar-refractivity contribution < 1.29 is 4.74 Å². The Morgan fingerprint density at radius 1 is 1.40 bits per heavy atom. The molecule has 0 heterocycles. The van der Waals surface area contributed by atoms with E-state index in [0.29, 0.717) is 6.54 Å². The molecular weight excluding hydrogens is 126 g/mol. The Morgan fingerprint density at radius 3 is 2.40 bits per heavy atom. The third-order valence-electron chi connectivity index (χ3n) is 1.25. The molecule has 0 fully saturated rings. The lowest BCUT2D eigenvalue weighted by molar-refractivity contribution is 0.294. The molecule has 0 saturated carbocycles. The predicted octanol–water partition coefficient (Wildman–Crippen LogP) is 1.44. The SMILES string of the molecule is CO/C(C)=C/C=C(\C)CN. The van der Waals surface area contributed by atoms with Gasteiger partial charge in [-0.3, -0.25) is 0 Å². The average Bonchev–Trinajstić information content (AvgIpc) is 1.99. The third kappa shape index (κ3) is 4.15. The van der Waals surface area contributed by atoms with Crippen molar-refractivity contribution >= 4 is 0 Å². The van der Waals surface area contributed by atoms with Crippen molar-refractivity contribution in [2.24, 2.45) is 5.73 Å². The summed E-state index contributed by atoms with van der Waals surface area (Å²) in [5.41, 5.74) is 6.51. The van der Waals surface area contributed by atoms with Crippen molar-refractivity contribution in [3.63, 3.8) is 0 Å². The molecule has 0 radical (unpaired) electrons. The fourth-order valence-electron chi connectivity index (χ4n) is 0.396. The fourth-order valence-corrected chi connectivity index (χ4v) is 0.396. The van der Waals surface area contributed by atoms with Crippen molar-refractivity contribution in [3.8, 4) is 0 Å². The summed E-state index contributed by atoms with van der Waals surface area (Å²) in [6.45, 7) is 4.49. The molecule has 0 aliphatic carbocycles. The number of hydrogen-bond donors (Lipinski definition) is 1. The van der Waals surface area contributed by atoms with Gasteiger partial charge in [0.05, 0.1) is 12.9 Å². The van der Waals surface area contributed by atoms with Crippen LogP contribution in [-0.4, -0.2) is 13.7 Å². The Bertz CT molecular complexity index is 129. The number of ether oxygens (including phenoxy) is 1. The summed E-state index contributed by atoms with van der Waals surface area (Å²) in [5.74, 6) is 0.896. The lowest BCUT2D eigenvalue weighted by atomic mass is 10.3. The van der Waals surface area contributed by atoms with E-state index in [1.165, 1.54) is 0 Å². The first-order valence-electron chi connectivity index (χ1n) is 3.28. The van der Waals surface area contributed by atoms with Gasteiger partial charge in [-0.2, -0.15) is 0 Å². The molecule has 2 nitrogen and oxygen atoms in total. The van der Waals surface area contributed by atoms with E-state index in [1.54, 1.807) is 7.11 Å². The minimum atomic E-state index is 0.605. The van der Waals surface area contributed by atoms with Gasteiger partial charge in [0.15, 0.2) is 0 Å². The van der Waals surface area contributed by atoms with Gasteiger partial charge in [0, 0.05) is 6.54 Å². The Balaban J connectivity index is 3.91. The molecule has 10 heavy (non-hydrogen) atoms. The lowest BCUT2D eigenvalue weighted by Gasteiger charge is -1.95. The molecule has 0 aromatic rings. The van der Waals surface area contributed by atoms with Crippen molar-refractivity contribution in [1.82, 2.24) is 0 Å². The summed E-state index contributed by atoms with van der Waals surface area (Å²) in [5, 5.41) is 0. The van der Waals surface area contributed by atoms with E-state index in [0.717, 1.165) is 11.3 Å². The molecule has 58 valence electrons. The molecule has 0 aromatic carbocycles. The van der Waals surface area contributed by atoms with E-state index in [-0.39, 0.29) is 0 Å². The first-order valence-corrected chi connectivity index (χ1v) is 3.28. The highest BCUT2D eigenvalue weighted by Crippen LogP contribution is 1.95. The van der Waals surface area contributed by atoms with Crippen LogP contribution in [0.3, 0.4) is 0 Å². The zero-order chi connectivity index (χ0) is 7.98. The summed E-state index contributed by atoms with van der Waals surface area (Å²) in [4.78, 5) is 0. The largest absolute Gasteiger partial charge is 0.501 e. The zero-order valence-corrected chi connectivity index (χ0v) is 6.85. The highest BCUT2D eigenvalue weighted by atomic mass is 16.5. The minimum absolute atomic E-state index is 0.605. The number of allylic oxidation sites excluding steroid dienone is 3. The lowest BCUT2D eigenvalue weighted by Crippen LogP contribution is -1.98. The van der Waals surface area contributed by atoms with Crippen LogP contribution in [0.15, 0.2) is 23.5 Å². The van der Waals surface area contributed by atoms with Crippen LogP contribution >= 0.6 is 0 Å². The third-order valence-corrected chi connectivity index (χ3v) is 1.25. The summed E-state index contributed by atoms with van der Waals surface area (Å²) in [6.07, 6.45) is 3.86. The predicted molar refractivity (Wildman–Crippen MR) is 43.6 cm³/mol. The van der Waals surface area contributed by atoms with E-state index in [2.05, 4.69) is 0 Å². The number of rotatable bonds is 3. The molecular formula is C8H15NO. The van der Waals surface area contributed by atoms with Gasteiger partial charge >= 0.3 is 0 Å². The fraction of sp³-hybridized carbons (Fsp3) is 0.500. The molecule has 0 spiro atoms. The summed E-state index contributed by atoms with van der Waals surface area (Å²) >= 11 is 0. The second-order valence-corrected chi connectivity index (χ2v) is 2.20. The highest BCUT2D eigenvalue weighted by molar-refractivity contribution is 5.13. The van der Waals surface area contributed by atoms with Crippen molar-refractivity contribution in [2.75, 3.05) is 13.7 Å². The van der Waals surface area contributed by atoms with E-state index in [4.69, 9.17) is 10.5 Å². The number of methoxy groups -OCH3 is 1. The van der Waals surface area contributed by atoms with Crippen molar-refractivity contribution in [2.45, 2.75) is 13.8 Å². The highest BCUT2D eigenvalue weighted by Gasteiger charge is 1.82. The van der Waals surface area contributed by atoms with Gasteiger partial charge in [0.25, 0.3) is 0 Å². The van der Waals surface area contributed by atoms with Gasteiger partial charge in [-0.25, -0.2) is 0 Å². The Labute approximate surface area is 62.4 Å². The van der Waals surface area contributed by atoms with E-state index in [9.17, 15) is 0 Å². The van der Waals surface area contributed by atoms with Crippen LogP contribution in [0, 0.1) is 0 Å². The maximum absolute atomic E-state index is 5.36. The standard InChI is InChI=1S/C8H15NO/c1-7(6-9)4-5-8(2)10-3/h4-5H,6,9H2,1-3H3/b7-4+,8-5+. The second-order valence-electron chi connectivity index (χ2n) is 2.20. The first-order chi connectivity index (χ1) is 4.70. The van der Waals surface area contributed by atoms with Crippen LogP contribution < -0.4 is 5.73 Å². The van der Waals surface area contributed by atoms with Gasteiger partial charge in [-0.15, -0.1) is 0 Å². The van der Waals surface area contributed by atoms with Crippen LogP contribution in [0.2, 0.25) is 0 Å². The second kappa shape index (κ2) is 5.06. The molecule has 2 heteroatoms. The molecule has 0 saturated heterocycles. The Morgan fingerprint density at radius 2 is 2.00 bits per heavy atom. The van der Waals surface area contributed by atoms with Crippen LogP contribution in [0.4, 0.5) is 0 Å². The topological polar surface area (TPSA) is 35.2 Å². The molecule has 0 amide bonds. The molecule has 2 N–H and O–H groups in total. The maximum atomic E-state index is 5.36. The smallest absolute Gasteiger partial charge is 0.0924 e. The monoisotopic (exact) mass is 141 g/mol. The molecule has 0 rings (SSSR count). The average molecular weight is 141 g/mol. The van der Waals surface area contributed by atoms with Gasteiger partial charge in [-0.05, 0) is 19.9 Å². The van der Waals surface area contributed by atoms with E-state index in [1.807, 2.05) is 26.0 Å². The molecule has 0 aromatic heterocycles. The summed E-state index contributed by atoms with van der Waals surface area (Å²) in [7, 11) is 1.65. The van der Waals surface area contributed by atoms with Crippen molar-refractivity contribution in [3.05, 3.63) is 23.5 Å².